The third-order valence-corrected chi connectivity index (χ3v) is 4.19. The number of hydrogen-bond donors (Lipinski definition) is 3. The Labute approximate surface area is 144 Å². The van der Waals surface area contributed by atoms with E-state index in [1.165, 1.54) is 6.42 Å². The predicted octanol–water partition coefficient (Wildman–Crippen LogP) is 2.63. The zero-order valence-electron chi connectivity index (χ0n) is 14.9. The molecule has 1 saturated carbocycles. The molecule has 1 amide bonds. The van der Waals surface area contributed by atoms with Crippen LogP contribution in [0, 0.1) is 0 Å². The predicted molar refractivity (Wildman–Crippen MR) is 95.0 cm³/mol. The van der Waals surface area contributed by atoms with E-state index in [9.17, 15) is 9.90 Å². The topological polar surface area (TPSA) is 70.6 Å². The first-order valence-corrected chi connectivity index (χ1v) is 8.78. The van der Waals surface area contributed by atoms with Crippen LogP contribution in [0.4, 0.5) is 4.79 Å². The van der Waals surface area contributed by atoms with Crippen LogP contribution in [0.1, 0.15) is 45.6 Å². The zero-order chi connectivity index (χ0) is 17.6. The molecule has 5 heteroatoms. The smallest absolute Gasteiger partial charge is 0.407 e. The van der Waals surface area contributed by atoms with Gasteiger partial charge in [-0.1, -0.05) is 36.8 Å². The van der Waals surface area contributed by atoms with Crippen molar-refractivity contribution in [2.75, 3.05) is 6.54 Å². The van der Waals surface area contributed by atoms with Gasteiger partial charge in [0.1, 0.15) is 5.60 Å². The molecule has 0 radical (unpaired) electrons. The van der Waals surface area contributed by atoms with Gasteiger partial charge in [0.25, 0.3) is 0 Å². The molecular formula is C19H30N2O3. The third-order valence-electron chi connectivity index (χ3n) is 4.19. The summed E-state index contributed by atoms with van der Waals surface area (Å²) < 4.78 is 5.33. The Morgan fingerprint density at radius 1 is 1.29 bits per heavy atom. The summed E-state index contributed by atoms with van der Waals surface area (Å²) in [5.41, 5.74) is 0.512. The van der Waals surface area contributed by atoms with Crippen molar-refractivity contribution in [1.29, 1.82) is 0 Å². The molecule has 2 atom stereocenters. The van der Waals surface area contributed by atoms with E-state index in [1.54, 1.807) is 0 Å². The van der Waals surface area contributed by atoms with Gasteiger partial charge < -0.3 is 20.5 Å². The fourth-order valence-electron chi connectivity index (χ4n) is 2.65. The van der Waals surface area contributed by atoms with Crippen molar-refractivity contribution in [2.45, 2.75) is 70.2 Å². The number of alkyl carbamates (subject to hydrolysis) is 1. The first kappa shape index (κ1) is 18.7. The number of hydrogen-bond acceptors (Lipinski definition) is 4. The molecule has 24 heavy (non-hydrogen) atoms. The minimum Gasteiger partial charge on any atom is -0.444 e. The SMILES string of the molecule is CC(C)(C)OC(=O)N[C@@H](Cc1ccccc1)[C@H](O)CNC1CCC1. The highest BCUT2D eigenvalue weighted by Crippen LogP contribution is 2.18. The van der Waals surface area contributed by atoms with Crippen LogP contribution >= 0.6 is 0 Å². The van der Waals surface area contributed by atoms with Crippen LogP contribution in [0.3, 0.4) is 0 Å². The average molecular weight is 334 g/mol. The molecule has 0 aliphatic heterocycles. The van der Waals surface area contributed by atoms with E-state index in [1.807, 2.05) is 51.1 Å². The molecule has 5 nitrogen and oxygen atoms in total. The summed E-state index contributed by atoms with van der Waals surface area (Å²) >= 11 is 0. The van der Waals surface area contributed by atoms with Gasteiger partial charge in [-0.05, 0) is 45.6 Å². The van der Waals surface area contributed by atoms with Crippen LogP contribution in [0.15, 0.2) is 30.3 Å². The number of nitrogens with one attached hydrogen (secondary N) is 2. The summed E-state index contributed by atoms with van der Waals surface area (Å²) in [6.45, 7) is 5.95. The van der Waals surface area contributed by atoms with Crippen LogP contribution in [-0.4, -0.2) is 41.5 Å². The maximum atomic E-state index is 12.1. The summed E-state index contributed by atoms with van der Waals surface area (Å²) in [5, 5.41) is 16.7. The van der Waals surface area contributed by atoms with E-state index in [0.717, 1.165) is 18.4 Å². The lowest BCUT2D eigenvalue weighted by Gasteiger charge is -2.31. The molecule has 0 bridgehead atoms. The molecule has 1 fully saturated rings. The lowest BCUT2D eigenvalue weighted by atomic mass is 9.92. The van der Waals surface area contributed by atoms with E-state index >= 15 is 0 Å². The normalized spacial score (nSPS) is 17.7. The second kappa shape index (κ2) is 8.49. The van der Waals surface area contributed by atoms with E-state index in [0.29, 0.717) is 19.0 Å². The Balaban J connectivity index is 1.95. The molecule has 1 aliphatic carbocycles. The van der Waals surface area contributed by atoms with Gasteiger partial charge in [-0.25, -0.2) is 4.79 Å². The fraction of sp³-hybridized carbons (Fsp3) is 0.632. The minimum atomic E-state index is -0.668. The van der Waals surface area contributed by atoms with Crippen molar-refractivity contribution in [1.82, 2.24) is 10.6 Å². The van der Waals surface area contributed by atoms with Crippen LogP contribution < -0.4 is 10.6 Å². The van der Waals surface area contributed by atoms with Crippen molar-refractivity contribution in [3.63, 3.8) is 0 Å². The Morgan fingerprint density at radius 2 is 1.96 bits per heavy atom. The van der Waals surface area contributed by atoms with Gasteiger partial charge in [0.2, 0.25) is 0 Å². The highest BCUT2D eigenvalue weighted by atomic mass is 16.6. The number of rotatable bonds is 7. The molecular weight excluding hydrogens is 304 g/mol. The van der Waals surface area contributed by atoms with Gasteiger partial charge in [-0.15, -0.1) is 0 Å². The number of carbonyl (C=O) groups excluding carboxylic acids is 1. The lowest BCUT2D eigenvalue weighted by molar-refractivity contribution is 0.0417. The number of benzene rings is 1. The average Bonchev–Trinajstić information content (AvgIpc) is 2.44. The summed E-state index contributed by atoms with van der Waals surface area (Å²) in [5.74, 6) is 0. The monoisotopic (exact) mass is 334 g/mol. The van der Waals surface area contributed by atoms with Crippen molar-refractivity contribution < 1.29 is 14.6 Å². The van der Waals surface area contributed by atoms with Gasteiger partial charge in [-0.2, -0.15) is 0 Å². The summed E-state index contributed by atoms with van der Waals surface area (Å²) in [4.78, 5) is 12.1. The molecule has 1 aromatic rings. The van der Waals surface area contributed by atoms with Crippen molar-refractivity contribution in [2.24, 2.45) is 0 Å². The molecule has 0 aromatic heterocycles. The Bertz CT molecular complexity index is 509. The molecule has 1 aliphatic rings. The lowest BCUT2D eigenvalue weighted by Crippen LogP contribution is -2.51. The molecule has 1 aromatic carbocycles. The highest BCUT2D eigenvalue weighted by molar-refractivity contribution is 5.68. The number of aliphatic hydroxyl groups is 1. The zero-order valence-corrected chi connectivity index (χ0v) is 14.9. The van der Waals surface area contributed by atoms with Crippen LogP contribution in [-0.2, 0) is 11.2 Å². The molecule has 3 N–H and O–H groups in total. The van der Waals surface area contributed by atoms with Gasteiger partial charge in [0, 0.05) is 12.6 Å². The maximum absolute atomic E-state index is 12.1. The van der Waals surface area contributed by atoms with Gasteiger partial charge in [-0.3, -0.25) is 0 Å². The molecule has 0 unspecified atom stereocenters. The number of ether oxygens (including phenoxy) is 1. The Hall–Kier alpha value is -1.59. The van der Waals surface area contributed by atoms with E-state index in [-0.39, 0.29) is 0 Å². The summed E-state index contributed by atoms with van der Waals surface area (Å²) in [6.07, 6.45) is 2.97. The Morgan fingerprint density at radius 3 is 2.50 bits per heavy atom. The first-order chi connectivity index (χ1) is 11.3. The fourth-order valence-corrected chi connectivity index (χ4v) is 2.65. The molecule has 0 saturated heterocycles. The minimum absolute atomic E-state index is 0.394. The van der Waals surface area contributed by atoms with Crippen LogP contribution in [0.25, 0.3) is 0 Å². The number of carbonyl (C=O) groups is 1. The van der Waals surface area contributed by atoms with E-state index in [4.69, 9.17) is 4.74 Å². The number of amides is 1. The van der Waals surface area contributed by atoms with Crippen molar-refractivity contribution >= 4 is 6.09 Å². The van der Waals surface area contributed by atoms with Gasteiger partial charge in [0.15, 0.2) is 0 Å². The van der Waals surface area contributed by atoms with Crippen molar-refractivity contribution in [3.05, 3.63) is 35.9 Å². The molecule has 0 heterocycles. The largest absolute Gasteiger partial charge is 0.444 e. The van der Waals surface area contributed by atoms with E-state index < -0.39 is 23.8 Å². The molecule has 0 spiro atoms. The first-order valence-electron chi connectivity index (χ1n) is 8.78. The molecule has 2 rings (SSSR count). The second-order valence-electron chi connectivity index (χ2n) is 7.55. The highest BCUT2D eigenvalue weighted by Gasteiger charge is 2.26. The molecule has 134 valence electrons. The standard InChI is InChI=1S/C19H30N2O3/c1-19(2,3)24-18(23)21-16(12-14-8-5-4-6-9-14)17(22)13-20-15-10-7-11-15/h4-6,8-9,15-17,20,22H,7,10-13H2,1-3H3,(H,21,23)/t16-,17+/m0/s1. The quantitative estimate of drug-likeness (QED) is 0.717. The summed E-state index contributed by atoms with van der Waals surface area (Å²) in [7, 11) is 0. The van der Waals surface area contributed by atoms with Gasteiger partial charge >= 0.3 is 6.09 Å². The van der Waals surface area contributed by atoms with Crippen molar-refractivity contribution in [3.8, 4) is 0 Å². The Kier molecular flexibility index (Phi) is 6.63. The second-order valence-corrected chi connectivity index (χ2v) is 7.55. The van der Waals surface area contributed by atoms with Crippen LogP contribution in [0.5, 0.6) is 0 Å². The van der Waals surface area contributed by atoms with Crippen LogP contribution in [0.2, 0.25) is 0 Å². The summed E-state index contributed by atoms with van der Waals surface area (Å²) in [6, 6.07) is 9.96. The maximum Gasteiger partial charge on any atom is 0.407 e. The number of aliphatic hydroxyl groups excluding tert-OH is 1. The van der Waals surface area contributed by atoms with E-state index in [2.05, 4.69) is 10.6 Å². The third kappa shape index (κ3) is 6.49. The van der Waals surface area contributed by atoms with Gasteiger partial charge in [0.05, 0.1) is 12.1 Å².